The zero-order valence-corrected chi connectivity index (χ0v) is 12.5. The van der Waals surface area contributed by atoms with Gasteiger partial charge < -0.3 is 5.32 Å². The number of benzene rings is 2. The summed E-state index contributed by atoms with van der Waals surface area (Å²) in [6.45, 7) is 0. The van der Waals surface area contributed by atoms with Crippen molar-refractivity contribution in [1.82, 2.24) is 0 Å². The summed E-state index contributed by atoms with van der Waals surface area (Å²) in [6.07, 6.45) is 4.36. The lowest BCUT2D eigenvalue weighted by Crippen LogP contribution is -2.20. The van der Waals surface area contributed by atoms with E-state index in [2.05, 4.69) is 17.2 Å². The Bertz CT molecular complexity index is 703. The van der Waals surface area contributed by atoms with Gasteiger partial charge in [-0.1, -0.05) is 48.9 Å². The highest BCUT2D eigenvalue weighted by molar-refractivity contribution is 5.92. The molecule has 22 heavy (non-hydrogen) atoms. The van der Waals surface area contributed by atoms with Crippen LogP contribution in [0.15, 0.2) is 54.6 Å². The lowest BCUT2D eigenvalue weighted by atomic mass is 10.1. The number of hydrogen-bond acceptors (Lipinski definition) is 1. The molecule has 0 radical (unpaired) electrons. The molecule has 2 nitrogen and oxygen atoms in total. The van der Waals surface area contributed by atoms with Gasteiger partial charge in [0, 0.05) is 22.7 Å². The predicted octanol–water partition coefficient (Wildman–Crippen LogP) is 4.22. The molecule has 110 valence electrons. The normalized spacial score (nSPS) is 14.2. The van der Waals surface area contributed by atoms with Gasteiger partial charge >= 0.3 is 0 Å². The quantitative estimate of drug-likeness (QED) is 0.824. The number of amides is 1. The first-order valence-electron chi connectivity index (χ1n) is 7.79. The van der Waals surface area contributed by atoms with E-state index in [0.29, 0.717) is 0 Å². The Balaban J connectivity index is 1.70. The van der Waals surface area contributed by atoms with Gasteiger partial charge in [-0.2, -0.15) is 0 Å². The van der Waals surface area contributed by atoms with Gasteiger partial charge in [0.15, 0.2) is 0 Å². The molecule has 0 spiro atoms. The Morgan fingerprint density at radius 1 is 0.909 bits per heavy atom. The van der Waals surface area contributed by atoms with Crippen molar-refractivity contribution in [1.29, 1.82) is 0 Å². The van der Waals surface area contributed by atoms with Crippen LogP contribution in [0.25, 0.3) is 0 Å². The highest BCUT2D eigenvalue weighted by atomic mass is 16.1. The molecule has 1 aliphatic carbocycles. The van der Waals surface area contributed by atoms with Gasteiger partial charge in [0.25, 0.3) is 0 Å². The summed E-state index contributed by atoms with van der Waals surface area (Å²) in [5, 5.41) is 3.02. The fourth-order valence-corrected chi connectivity index (χ4v) is 2.77. The van der Waals surface area contributed by atoms with Crippen molar-refractivity contribution in [2.45, 2.75) is 25.7 Å². The molecule has 0 saturated heterocycles. The molecule has 0 atom stereocenters. The summed E-state index contributed by atoms with van der Waals surface area (Å²) in [6, 6.07) is 17.6. The minimum absolute atomic E-state index is 0.144. The van der Waals surface area contributed by atoms with Crippen LogP contribution < -0.4 is 5.32 Å². The second-order valence-corrected chi connectivity index (χ2v) is 5.67. The lowest BCUT2D eigenvalue weighted by Gasteiger charge is -2.10. The number of carbonyl (C=O) groups is 1. The predicted molar refractivity (Wildman–Crippen MR) is 89.5 cm³/mol. The van der Waals surface area contributed by atoms with Crippen molar-refractivity contribution in [2.24, 2.45) is 5.92 Å². The van der Waals surface area contributed by atoms with Crippen LogP contribution in [-0.4, -0.2) is 5.91 Å². The summed E-state index contributed by atoms with van der Waals surface area (Å²) < 4.78 is 0. The molecule has 0 unspecified atom stereocenters. The van der Waals surface area contributed by atoms with Crippen LogP contribution in [0.3, 0.4) is 0 Å². The topological polar surface area (TPSA) is 29.1 Å². The van der Waals surface area contributed by atoms with E-state index >= 15 is 0 Å². The molecule has 1 aliphatic rings. The number of hydrogen-bond donors (Lipinski definition) is 1. The summed E-state index contributed by atoms with van der Waals surface area (Å²) >= 11 is 0. The SMILES string of the molecule is O=C(Nc1cccc(C#Cc2ccccc2)c1)C1CCCC1. The van der Waals surface area contributed by atoms with Crippen LogP contribution >= 0.6 is 0 Å². The molecule has 1 amide bonds. The first-order chi connectivity index (χ1) is 10.8. The third-order valence-electron chi connectivity index (χ3n) is 3.98. The standard InChI is InChI=1S/C20H19NO/c22-20(18-10-4-5-11-18)21-19-12-6-9-17(15-19)14-13-16-7-2-1-3-8-16/h1-3,6-9,12,15,18H,4-5,10-11H2,(H,21,22). The molecule has 1 N–H and O–H groups in total. The third kappa shape index (κ3) is 3.77. The molecule has 0 heterocycles. The largest absolute Gasteiger partial charge is 0.326 e. The number of rotatable bonds is 2. The van der Waals surface area contributed by atoms with Crippen LogP contribution in [0.5, 0.6) is 0 Å². The summed E-state index contributed by atoms with van der Waals surface area (Å²) in [5.41, 5.74) is 2.73. The van der Waals surface area contributed by atoms with E-state index in [0.717, 1.165) is 29.7 Å². The zero-order chi connectivity index (χ0) is 15.2. The van der Waals surface area contributed by atoms with Crippen molar-refractivity contribution < 1.29 is 4.79 Å². The fraction of sp³-hybridized carbons (Fsp3) is 0.250. The van der Waals surface area contributed by atoms with E-state index in [1.165, 1.54) is 12.8 Å². The molecular weight excluding hydrogens is 270 g/mol. The Morgan fingerprint density at radius 2 is 1.59 bits per heavy atom. The Kier molecular flexibility index (Phi) is 4.56. The van der Waals surface area contributed by atoms with Gasteiger partial charge in [0.05, 0.1) is 0 Å². The fourth-order valence-electron chi connectivity index (χ4n) is 2.77. The van der Waals surface area contributed by atoms with Crippen LogP contribution in [0.2, 0.25) is 0 Å². The Hall–Kier alpha value is -2.53. The Labute approximate surface area is 131 Å². The second-order valence-electron chi connectivity index (χ2n) is 5.67. The Morgan fingerprint density at radius 3 is 2.36 bits per heavy atom. The molecule has 1 saturated carbocycles. The van der Waals surface area contributed by atoms with Gasteiger partial charge in [-0.25, -0.2) is 0 Å². The van der Waals surface area contributed by atoms with Crippen LogP contribution in [0.4, 0.5) is 5.69 Å². The van der Waals surface area contributed by atoms with E-state index in [1.807, 2.05) is 54.6 Å². The molecule has 2 aromatic carbocycles. The molecule has 2 heteroatoms. The van der Waals surface area contributed by atoms with E-state index in [9.17, 15) is 4.79 Å². The van der Waals surface area contributed by atoms with Crippen LogP contribution in [-0.2, 0) is 4.79 Å². The molecular formula is C20H19NO. The number of anilines is 1. The van der Waals surface area contributed by atoms with Crippen molar-refractivity contribution in [3.8, 4) is 11.8 Å². The van der Waals surface area contributed by atoms with Gasteiger partial charge in [-0.3, -0.25) is 4.79 Å². The first kappa shape index (κ1) is 14.4. The molecule has 0 aromatic heterocycles. The van der Waals surface area contributed by atoms with Crippen molar-refractivity contribution in [3.05, 3.63) is 65.7 Å². The summed E-state index contributed by atoms with van der Waals surface area (Å²) in [5.74, 6) is 6.60. The van der Waals surface area contributed by atoms with E-state index in [-0.39, 0.29) is 11.8 Å². The van der Waals surface area contributed by atoms with E-state index in [1.54, 1.807) is 0 Å². The van der Waals surface area contributed by atoms with Crippen molar-refractivity contribution in [3.63, 3.8) is 0 Å². The summed E-state index contributed by atoms with van der Waals surface area (Å²) in [7, 11) is 0. The third-order valence-corrected chi connectivity index (χ3v) is 3.98. The van der Waals surface area contributed by atoms with Crippen molar-refractivity contribution >= 4 is 11.6 Å². The molecule has 1 fully saturated rings. The number of nitrogens with one attached hydrogen (secondary N) is 1. The maximum atomic E-state index is 12.2. The van der Waals surface area contributed by atoms with Gasteiger partial charge in [0.1, 0.15) is 0 Å². The van der Waals surface area contributed by atoms with Crippen molar-refractivity contribution in [2.75, 3.05) is 5.32 Å². The average molecular weight is 289 g/mol. The van der Waals surface area contributed by atoms with Gasteiger partial charge in [0.2, 0.25) is 5.91 Å². The highest BCUT2D eigenvalue weighted by Gasteiger charge is 2.22. The van der Waals surface area contributed by atoms with Crippen LogP contribution in [0.1, 0.15) is 36.8 Å². The first-order valence-corrected chi connectivity index (χ1v) is 7.79. The second kappa shape index (κ2) is 6.95. The van der Waals surface area contributed by atoms with E-state index in [4.69, 9.17) is 0 Å². The molecule has 0 bridgehead atoms. The van der Waals surface area contributed by atoms with Gasteiger partial charge in [-0.05, 0) is 43.2 Å². The maximum Gasteiger partial charge on any atom is 0.227 e. The minimum Gasteiger partial charge on any atom is -0.326 e. The van der Waals surface area contributed by atoms with E-state index < -0.39 is 0 Å². The summed E-state index contributed by atoms with van der Waals surface area (Å²) in [4.78, 5) is 12.2. The van der Waals surface area contributed by atoms with Gasteiger partial charge in [-0.15, -0.1) is 0 Å². The monoisotopic (exact) mass is 289 g/mol. The number of carbonyl (C=O) groups excluding carboxylic acids is 1. The molecule has 2 aromatic rings. The average Bonchev–Trinajstić information content (AvgIpc) is 3.09. The zero-order valence-electron chi connectivity index (χ0n) is 12.5. The molecule has 0 aliphatic heterocycles. The molecule has 3 rings (SSSR count). The highest BCUT2D eigenvalue weighted by Crippen LogP contribution is 2.26. The smallest absolute Gasteiger partial charge is 0.227 e. The minimum atomic E-state index is 0.144. The maximum absolute atomic E-state index is 12.2. The lowest BCUT2D eigenvalue weighted by molar-refractivity contribution is -0.119. The van der Waals surface area contributed by atoms with Crippen LogP contribution in [0, 0.1) is 17.8 Å².